The number of aromatic amines is 1. The third-order valence-corrected chi connectivity index (χ3v) is 5.00. The first-order valence-corrected chi connectivity index (χ1v) is 9.61. The van der Waals surface area contributed by atoms with Crippen molar-refractivity contribution in [2.75, 3.05) is 6.61 Å². The van der Waals surface area contributed by atoms with Gasteiger partial charge in [-0.3, -0.25) is 14.6 Å². The van der Waals surface area contributed by atoms with E-state index >= 15 is 0 Å². The average Bonchev–Trinajstić information content (AvgIpc) is 3.06. The normalized spacial score (nSPS) is 11.1. The Morgan fingerprint density at radius 3 is 2.59 bits per heavy atom. The topological polar surface area (TPSA) is 59.9 Å². The summed E-state index contributed by atoms with van der Waals surface area (Å²) in [4.78, 5) is 17.4. The van der Waals surface area contributed by atoms with Crippen molar-refractivity contribution in [1.29, 1.82) is 0 Å². The maximum Gasteiger partial charge on any atom is 0.276 e. The Labute approximate surface area is 167 Å². The van der Waals surface area contributed by atoms with E-state index in [1.165, 1.54) is 17.7 Å². The largest absolute Gasteiger partial charge is 0.493 e. The van der Waals surface area contributed by atoms with Crippen molar-refractivity contribution in [3.05, 3.63) is 93.7 Å². The number of benzene rings is 2. The van der Waals surface area contributed by atoms with Gasteiger partial charge in [-0.25, -0.2) is 9.37 Å². The minimum absolute atomic E-state index is 0.0658. The summed E-state index contributed by atoms with van der Waals surface area (Å²) < 4.78 is 20.4. The summed E-state index contributed by atoms with van der Waals surface area (Å²) in [6.45, 7) is 2.89. The molecule has 0 unspecified atom stereocenters. The van der Waals surface area contributed by atoms with Gasteiger partial charge in [0.1, 0.15) is 11.6 Å². The molecule has 148 valence electrons. The Morgan fingerprint density at radius 1 is 1.07 bits per heavy atom. The number of nitrogens with zero attached hydrogens (tertiary/aromatic N) is 2. The molecular weight excluding hydrogens is 369 g/mol. The van der Waals surface area contributed by atoms with Gasteiger partial charge in [0.25, 0.3) is 5.56 Å². The molecule has 2 aromatic heterocycles. The van der Waals surface area contributed by atoms with E-state index in [1.807, 2.05) is 37.3 Å². The summed E-state index contributed by atoms with van der Waals surface area (Å²) in [5, 5.41) is 3.74. The lowest BCUT2D eigenvalue weighted by molar-refractivity contribution is 0.321. The number of H-pyrrole nitrogens is 1. The lowest BCUT2D eigenvalue weighted by atomic mass is 10.1. The highest BCUT2D eigenvalue weighted by atomic mass is 19.1. The quantitative estimate of drug-likeness (QED) is 0.517. The SMILES string of the molecule is Cc1cnc2[nH]n(CCc3ccccc3)c(=O)c2c1CCOc1ccc(F)cc1. The van der Waals surface area contributed by atoms with Crippen LogP contribution in [0.15, 0.2) is 65.6 Å². The predicted octanol–water partition coefficient (Wildman–Crippen LogP) is 4.04. The fraction of sp³-hybridized carbons (Fsp3) is 0.217. The molecule has 0 aliphatic rings. The van der Waals surface area contributed by atoms with Crippen LogP contribution in [0.4, 0.5) is 4.39 Å². The molecule has 2 heterocycles. The Balaban J connectivity index is 1.53. The van der Waals surface area contributed by atoms with Crippen LogP contribution >= 0.6 is 0 Å². The molecule has 29 heavy (non-hydrogen) atoms. The van der Waals surface area contributed by atoms with Crippen LogP contribution in [0, 0.1) is 12.7 Å². The number of aryl methyl sites for hydroxylation is 3. The number of rotatable bonds is 7. The van der Waals surface area contributed by atoms with Crippen molar-refractivity contribution in [2.45, 2.75) is 26.3 Å². The van der Waals surface area contributed by atoms with Crippen LogP contribution in [-0.2, 0) is 19.4 Å². The number of halogens is 1. The molecule has 0 atom stereocenters. The fourth-order valence-electron chi connectivity index (χ4n) is 3.44. The molecule has 1 N–H and O–H groups in total. The van der Waals surface area contributed by atoms with Gasteiger partial charge in [0.15, 0.2) is 5.65 Å². The highest BCUT2D eigenvalue weighted by Crippen LogP contribution is 2.18. The van der Waals surface area contributed by atoms with Crippen LogP contribution < -0.4 is 10.3 Å². The summed E-state index contributed by atoms with van der Waals surface area (Å²) in [5.74, 6) is 0.302. The zero-order chi connectivity index (χ0) is 20.2. The van der Waals surface area contributed by atoms with Crippen LogP contribution in [0.3, 0.4) is 0 Å². The fourth-order valence-corrected chi connectivity index (χ4v) is 3.44. The number of hydrogen-bond acceptors (Lipinski definition) is 3. The second-order valence-electron chi connectivity index (χ2n) is 7.00. The van der Waals surface area contributed by atoms with Gasteiger partial charge in [0, 0.05) is 19.2 Å². The predicted molar refractivity (Wildman–Crippen MR) is 111 cm³/mol. The van der Waals surface area contributed by atoms with Gasteiger partial charge in [-0.1, -0.05) is 30.3 Å². The second-order valence-corrected chi connectivity index (χ2v) is 7.00. The van der Waals surface area contributed by atoms with E-state index < -0.39 is 0 Å². The maximum absolute atomic E-state index is 13.0. The first kappa shape index (κ1) is 18.9. The molecule has 0 aliphatic heterocycles. The van der Waals surface area contributed by atoms with E-state index in [1.54, 1.807) is 23.0 Å². The minimum atomic E-state index is -0.299. The monoisotopic (exact) mass is 391 g/mol. The van der Waals surface area contributed by atoms with Crippen molar-refractivity contribution < 1.29 is 9.13 Å². The Bertz CT molecular complexity index is 1160. The van der Waals surface area contributed by atoms with E-state index in [0.717, 1.165) is 17.5 Å². The number of fused-ring (bicyclic) bond motifs is 1. The molecule has 2 aromatic carbocycles. The zero-order valence-corrected chi connectivity index (χ0v) is 16.2. The summed E-state index contributed by atoms with van der Waals surface area (Å²) in [5.41, 5.74) is 3.58. The highest BCUT2D eigenvalue weighted by molar-refractivity contribution is 5.79. The van der Waals surface area contributed by atoms with Crippen LogP contribution in [0.2, 0.25) is 0 Å². The van der Waals surface area contributed by atoms with Gasteiger partial charge in [0.2, 0.25) is 0 Å². The molecule has 0 saturated carbocycles. The molecule has 6 heteroatoms. The van der Waals surface area contributed by atoms with Gasteiger partial charge in [0.05, 0.1) is 12.0 Å². The number of ether oxygens (including phenoxy) is 1. The molecular formula is C23H22FN3O2. The van der Waals surface area contributed by atoms with Crippen molar-refractivity contribution in [1.82, 2.24) is 14.8 Å². The molecule has 0 spiro atoms. The van der Waals surface area contributed by atoms with E-state index in [0.29, 0.717) is 36.4 Å². The van der Waals surface area contributed by atoms with Crippen molar-refractivity contribution in [2.24, 2.45) is 0 Å². The van der Waals surface area contributed by atoms with Gasteiger partial charge in [-0.2, -0.15) is 0 Å². The average molecular weight is 391 g/mol. The minimum Gasteiger partial charge on any atom is -0.493 e. The van der Waals surface area contributed by atoms with E-state index in [2.05, 4.69) is 10.1 Å². The lowest BCUT2D eigenvalue weighted by Crippen LogP contribution is -2.19. The lowest BCUT2D eigenvalue weighted by Gasteiger charge is -2.08. The molecule has 4 rings (SSSR count). The highest BCUT2D eigenvalue weighted by Gasteiger charge is 2.15. The van der Waals surface area contributed by atoms with Gasteiger partial charge < -0.3 is 4.74 Å². The first-order valence-electron chi connectivity index (χ1n) is 9.61. The van der Waals surface area contributed by atoms with E-state index in [4.69, 9.17) is 4.74 Å². The summed E-state index contributed by atoms with van der Waals surface area (Å²) in [6.07, 6.45) is 3.09. The number of hydrogen-bond donors (Lipinski definition) is 1. The molecule has 0 fully saturated rings. The van der Waals surface area contributed by atoms with Crippen LogP contribution in [0.5, 0.6) is 5.75 Å². The number of aromatic nitrogens is 3. The Hall–Kier alpha value is -3.41. The first-order chi connectivity index (χ1) is 14.1. The standard InChI is InChI=1S/C23H22FN3O2/c1-16-15-25-22-21(20(16)12-14-29-19-9-7-18(24)8-10-19)23(28)27(26-22)13-11-17-5-3-2-4-6-17/h2-10,15H,11-14H2,1H3,(H,25,26). The van der Waals surface area contributed by atoms with Gasteiger partial charge >= 0.3 is 0 Å². The van der Waals surface area contributed by atoms with Crippen LogP contribution in [0.25, 0.3) is 11.0 Å². The van der Waals surface area contributed by atoms with E-state index in [9.17, 15) is 9.18 Å². The third kappa shape index (κ3) is 4.21. The summed E-state index contributed by atoms with van der Waals surface area (Å²) in [7, 11) is 0. The molecule has 4 aromatic rings. The molecule has 0 amide bonds. The van der Waals surface area contributed by atoms with Gasteiger partial charge in [-0.05, 0) is 54.3 Å². The number of nitrogens with one attached hydrogen (secondary N) is 1. The molecule has 0 bridgehead atoms. The summed E-state index contributed by atoms with van der Waals surface area (Å²) >= 11 is 0. The Morgan fingerprint density at radius 2 is 1.83 bits per heavy atom. The van der Waals surface area contributed by atoms with Crippen molar-refractivity contribution in [3.63, 3.8) is 0 Å². The number of pyridine rings is 1. The third-order valence-electron chi connectivity index (χ3n) is 5.00. The molecule has 5 nitrogen and oxygen atoms in total. The van der Waals surface area contributed by atoms with Crippen molar-refractivity contribution in [3.8, 4) is 5.75 Å². The molecule has 0 radical (unpaired) electrons. The zero-order valence-electron chi connectivity index (χ0n) is 16.2. The smallest absolute Gasteiger partial charge is 0.276 e. The van der Waals surface area contributed by atoms with E-state index in [-0.39, 0.29) is 11.4 Å². The molecule has 0 saturated heterocycles. The maximum atomic E-state index is 13.0. The molecule has 0 aliphatic carbocycles. The van der Waals surface area contributed by atoms with Crippen molar-refractivity contribution >= 4 is 11.0 Å². The second kappa shape index (κ2) is 8.31. The van der Waals surface area contributed by atoms with Crippen LogP contribution in [0.1, 0.15) is 16.7 Å². The van der Waals surface area contributed by atoms with Gasteiger partial charge in [-0.15, -0.1) is 0 Å². The van der Waals surface area contributed by atoms with Crippen LogP contribution in [-0.4, -0.2) is 21.4 Å². The summed E-state index contributed by atoms with van der Waals surface area (Å²) in [6, 6.07) is 16.0. The Kier molecular flexibility index (Phi) is 5.42.